The number of quaternary nitrogens is 1. The molecule has 0 fully saturated rings. The van der Waals surface area contributed by atoms with Crippen LogP contribution >= 0.6 is 0 Å². The van der Waals surface area contributed by atoms with Crippen LogP contribution in [0.15, 0.2) is 0 Å². The summed E-state index contributed by atoms with van der Waals surface area (Å²) >= 11 is 0. The molecule has 0 aliphatic heterocycles. The molecule has 0 amide bonds. The molecule has 3 nitrogen and oxygen atoms in total. The average molecular weight is 111 g/mol. The fraction of sp³-hybridized carbons (Fsp3) is 0. The van der Waals surface area contributed by atoms with Crippen LogP contribution < -0.4 is 6.15 Å². The average Bonchev–Trinajstić information content (AvgIpc) is 0. The standard InChI is InChI=1S/H3N.Ni.2H2O/h1H3;;2*1H2/p-1. The van der Waals surface area contributed by atoms with Crippen LogP contribution in [0.1, 0.15) is 0 Å². The summed E-state index contributed by atoms with van der Waals surface area (Å²) in [5, 5.41) is 0. The van der Waals surface area contributed by atoms with Crippen molar-refractivity contribution < 1.29 is 27.4 Å². The van der Waals surface area contributed by atoms with Crippen molar-refractivity contribution in [3.8, 4) is 0 Å². The Hall–Kier alpha value is 0.374. The molecule has 0 saturated heterocycles. The van der Waals surface area contributed by atoms with Gasteiger partial charge in [0.2, 0.25) is 0 Å². The van der Waals surface area contributed by atoms with E-state index in [2.05, 4.69) is 0 Å². The monoisotopic (exact) mass is 110 g/mol. The number of hydrogen-bond acceptors (Lipinski definition) is 2. The molecule has 0 aromatic carbocycles. The molecule has 34 valence electrons. The van der Waals surface area contributed by atoms with E-state index in [1.165, 1.54) is 0 Å². The third kappa shape index (κ3) is 32.1. The summed E-state index contributed by atoms with van der Waals surface area (Å²) in [4.78, 5) is 0. The Morgan fingerprint density at radius 3 is 0.750 bits per heavy atom. The van der Waals surface area contributed by atoms with Crippen molar-refractivity contribution in [1.29, 1.82) is 0 Å². The predicted octanol–water partition coefficient (Wildman–Crippen LogP) is 0.0201. The van der Waals surface area contributed by atoms with Gasteiger partial charge in [-0.2, -0.15) is 0 Å². The van der Waals surface area contributed by atoms with Crippen molar-refractivity contribution in [2.45, 2.75) is 0 Å². The van der Waals surface area contributed by atoms with E-state index in [-0.39, 0.29) is 33.6 Å². The summed E-state index contributed by atoms with van der Waals surface area (Å²) in [6, 6.07) is 0. The van der Waals surface area contributed by atoms with E-state index in [0.29, 0.717) is 0 Å². The third-order valence-electron chi connectivity index (χ3n) is 0. The maximum Gasteiger partial charge on any atom is 0 e. The van der Waals surface area contributed by atoms with Crippen LogP contribution in [-0.4, -0.2) is 11.0 Å². The fourth-order valence-electron chi connectivity index (χ4n) is 0. The molecule has 0 radical (unpaired) electrons. The SMILES string of the molecule is [NH4+].[Ni].[OH-].[OH-]. The first-order valence-corrected chi connectivity index (χ1v) is 0. The van der Waals surface area contributed by atoms with Crippen LogP contribution in [0.5, 0.6) is 0 Å². The molecule has 0 saturated carbocycles. The summed E-state index contributed by atoms with van der Waals surface area (Å²) in [6.45, 7) is 0. The zero-order valence-electron chi connectivity index (χ0n) is 2.21. The molecule has 0 aromatic heterocycles. The minimum Gasteiger partial charge on any atom is -0.870 e. The van der Waals surface area contributed by atoms with E-state index < -0.39 is 0 Å². The topological polar surface area (TPSA) is 96.5 Å². The molecule has 0 heterocycles. The Balaban J connectivity index is 0. The number of rotatable bonds is 0. The molecule has 0 aliphatic carbocycles. The molecular formula is H6NNiO2-. The van der Waals surface area contributed by atoms with E-state index in [9.17, 15) is 0 Å². The van der Waals surface area contributed by atoms with Gasteiger partial charge in [-0.3, -0.25) is 0 Å². The smallest absolute Gasteiger partial charge is 0 e. The van der Waals surface area contributed by atoms with Crippen LogP contribution in [-0.2, 0) is 16.5 Å². The second-order valence-electron chi connectivity index (χ2n) is 0. The van der Waals surface area contributed by atoms with Crippen molar-refractivity contribution in [2.75, 3.05) is 0 Å². The van der Waals surface area contributed by atoms with Gasteiger partial charge in [-0.25, -0.2) is 0 Å². The second kappa shape index (κ2) is 136. The minimum atomic E-state index is 0. The van der Waals surface area contributed by atoms with Gasteiger partial charge in [-0.1, -0.05) is 0 Å². The summed E-state index contributed by atoms with van der Waals surface area (Å²) in [5.41, 5.74) is 0. The normalized spacial score (nSPS) is 0. The van der Waals surface area contributed by atoms with Gasteiger partial charge in [0.1, 0.15) is 0 Å². The Labute approximate surface area is 34.5 Å². The van der Waals surface area contributed by atoms with Gasteiger partial charge in [0.05, 0.1) is 0 Å². The first-order chi connectivity index (χ1) is 0. The maximum absolute atomic E-state index is 0. The van der Waals surface area contributed by atoms with Gasteiger partial charge in [-0.15, -0.1) is 0 Å². The molecule has 0 aromatic rings. The summed E-state index contributed by atoms with van der Waals surface area (Å²) < 4.78 is 0. The van der Waals surface area contributed by atoms with Crippen LogP contribution in [0.2, 0.25) is 0 Å². The largest absolute Gasteiger partial charge is 0.870 e. The van der Waals surface area contributed by atoms with Crippen molar-refractivity contribution in [2.24, 2.45) is 0 Å². The molecule has 0 bridgehead atoms. The zero-order valence-corrected chi connectivity index (χ0v) is 3.20. The van der Waals surface area contributed by atoms with E-state index in [4.69, 9.17) is 0 Å². The number of hydrogen-bond donors (Lipinski definition) is 1. The quantitative estimate of drug-likeness (QED) is 0.445. The molecule has 0 spiro atoms. The minimum absolute atomic E-state index is 0. The van der Waals surface area contributed by atoms with E-state index in [0.717, 1.165) is 0 Å². The first kappa shape index (κ1) is 357. The van der Waals surface area contributed by atoms with Gasteiger partial charge < -0.3 is 17.1 Å². The van der Waals surface area contributed by atoms with Gasteiger partial charge in [-0.05, 0) is 0 Å². The van der Waals surface area contributed by atoms with E-state index >= 15 is 0 Å². The summed E-state index contributed by atoms with van der Waals surface area (Å²) in [6.07, 6.45) is 0. The van der Waals surface area contributed by atoms with Gasteiger partial charge in [0.25, 0.3) is 0 Å². The third-order valence-corrected chi connectivity index (χ3v) is 0. The van der Waals surface area contributed by atoms with Crippen molar-refractivity contribution in [1.82, 2.24) is 6.15 Å². The van der Waals surface area contributed by atoms with Crippen LogP contribution in [0, 0.1) is 0 Å². The molecule has 0 rings (SSSR count). The Morgan fingerprint density at radius 1 is 0.750 bits per heavy atom. The Morgan fingerprint density at radius 2 is 0.750 bits per heavy atom. The van der Waals surface area contributed by atoms with Crippen LogP contribution in [0.3, 0.4) is 0 Å². The van der Waals surface area contributed by atoms with Crippen molar-refractivity contribution in [3.05, 3.63) is 0 Å². The van der Waals surface area contributed by atoms with Crippen molar-refractivity contribution in [3.63, 3.8) is 0 Å². The van der Waals surface area contributed by atoms with Gasteiger partial charge in [0, 0.05) is 16.5 Å². The molecule has 6 N–H and O–H groups in total. The molecule has 0 atom stereocenters. The van der Waals surface area contributed by atoms with E-state index in [1.807, 2.05) is 0 Å². The molecular weight excluding hydrogens is 105 g/mol. The fourth-order valence-corrected chi connectivity index (χ4v) is 0. The summed E-state index contributed by atoms with van der Waals surface area (Å²) in [5.74, 6) is 0. The Bertz CT molecular complexity index is 6.00. The second-order valence-corrected chi connectivity index (χ2v) is 0. The summed E-state index contributed by atoms with van der Waals surface area (Å²) in [7, 11) is 0. The molecule has 4 heteroatoms. The molecule has 0 unspecified atom stereocenters. The Kier molecular flexibility index (Phi) is 12200. The molecule has 0 aliphatic rings. The zero-order chi connectivity index (χ0) is 0. The van der Waals surface area contributed by atoms with Crippen LogP contribution in [0.4, 0.5) is 0 Å². The van der Waals surface area contributed by atoms with E-state index in [1.54, 1.807) is 0 Å². The van der Waals surface area contributed by atoms with Gasteiger partial charge >= 0.3 is 0 Å². The molecule has 4 heavy (non-hydrogen) atoms. The first-order valence-electron chi connectivity index (χ1n) is 0. The predicted molar refractivity (Wildman–Crippen MR) is 9.86 cm³/mol. The van der Waals surface area contributed by atoms with Crippen molar-refractivity contribution >= 4 is 0 Å². The maximum atomic E-state index is 0. The van der Waals surface area contributed by atoms with Gasteiger partial charge in [0.15, 0.2) is 0 Å². The van der Waals surface area contributed by atoms with Crippen LogP contribution in [0.25, 0.3) is 0 Å².